The average Bonchev–Trinajstić information content (AvgIpc) is 2.77. The molecule has 104 valence electrons. The normalized spacial score (nSPS) is 10.2. The number of aromatic nitrogens is 2. The smallest absolute Gasteiger partial charge is 0.320 e. The van der Waals surface area contributed by atoms with Crippen molar-refractivity contribution in [1.29, 1.82) is 0 Å². The molecule has 4 nitrogen and oxygen atoms in total. The zero-order valence-electron chi connectivity index (χ0n) is 11.3. The number of halogens is 1. The van der Waals surface area contributed by atoms with Gasteiger partial charge in [-0.05, 0) is 30.7 Å². The molecule has 0 fully saturated rings. The van der Waals surface area contributed by atoms with E-state index in [1.54, 1.807) is 27.6 Å². The molecular weight excluding hydrogens is 257 g/mol. The minimum Gasteiger partial charge on any atom is -0.320 e. The summed E-state index contributed by atoms with van der Waals surface area (Å²) < 4.78 is 16.7. The number of aryl methyl sites for hydroxylation is 1. The zero-order chi connectivity index (χ0) is 14.5. The highest BCUT2D eigenvalue weighted by molar-refractivity contribution is 5.38. The highest BCUT2D eigenvalue weighted by Gasteiger charge is 2.05. The number of hydrogen-bond acceptors (Lipinski definition) is 2. The summed E-state index contributed by atoms with van der Waals surface area (Å²) in [6.07, 6.45) is 3.42. The van der Waals surface area contributed by atoms with Crippen LogP contribution in [0.15, 0.2) is 35.4 Å². The summed E-state index contributed by atoms with van der Waals surface area (Å²) in [5.41, 5.74) is 6.45. The standard InChI is InChI=1S/C15H16FN3O/c1-2-18-6-7-19(15(18)20)11-13-8-12(4-3-5-17)9-14(16)10-13/h6-10H,2,5,11,17H2,1H3. The van der Waals surface area contributed by atoms with Crippen molar-refractivity contribution < 1.29 is 4.39 Å². The third-order valence-corrected chi connectivity index (χ3v) is 2.90. The Labute approximate surface area is 116 Å². The van der Waals surface area contributed by atoms with E-state index in [1.807, 2.05) is 6.92 Å². The first-order chi connectivity index (χ1) is 9.63. The van der Waals surface area contributed by atoms with Crippen LogP contribution in [0, 0.1) is 17.7 Å². The summed E-state index contributed by atoms with van der Waals surface area (Å²) >= 11 is 0. The summed E-state index contributed by atoms with van der Waals surface area (Å²) in [5, 5.41) is 0. The molecule has 1 aromatic heterocycles. The van der Waals surface area contributed by atoms with Gasteiger partial charge < -0.3 is 5.73 Å². The molecule has 0 aliphatic heterocycles. The monoisotopic (exact) mass is 273 g/mol. The van der Waals surface area contributed by atoms with Crippen LogP contribution in [0.3, 0.4) is 0 Å². The molecule has 0 unspecified atom stereocenters. The fourth-order valence-corrected chi connectivity index (χ4v) is 1.98. The van der Waals surface area contributed by atoms with Crippen LogP contribution in [0.4, 0.5) is 4.39 Å². The number of imidazole rings is 1. The molecule has 0 saturated carbocycles. The van der Waals surface area contributed by atoms with Crippen molar-refractivity contribution in [2.24, 2.45) is 5.73 Å². The van der Waals surface area contributed by atoms with E-state index < -0.39 is 0 Å². The van der Waals surface area contributed by atoms with Gasteiger partial charge in [0.05, 0.1) is 13.1 Å². The Kier molecular flexibility index (Phi) is 4.38. The lowest BCUT2D eigenvalue weighted by atomic mass is 10.1. The fourth-order valence-electron chi connectivity index (χ4n) is 1.98. The van der Waals surface area contributed by atoms with Crippen LogP contribution in [0.1, 0.15) is 18.1 Å². The molecule has 2 rings (SSSR count). The van der Waals surface area contributed by atoms with Crippen molar-refractivity contribution in [2.75, 3.05) is 6.54 Å². The second-order valence-electron chi connectivity index (χ2n) is 4.35. The Hall–Kier alpha value is -2.32. The SMILES string of the molecule is CCn1ccn(Cc2cc(F)cc(C#CCN)c2)c1=O. The van der Waals surface area contributed by atoms with Gasteiger partial charge in [-0.3, -0.25) is 9.13 Å². The van der Waals surface area contributed by atoms with Gasteiger partial charge in [-0.1, -0.05) is 11.8 Å². The van der Waals surface area contributed by atoms with E-state index in [1.165, 1.54) is 12.1 Å². The summed E-state index contributed by atoms with van der Waals surface area (Å²) in [5.74, 6) is 5.11. The second kappa shape index (κ2) is 6.22. The molecule has 2 aromatic rings. The van der Waals surface area contributed by atoms with E-state index >= 15 is 0 Å². The van der Waals surface area contributed by atoms with Crippen LogP contribution >= 0.6 is 0 Å². The number of rotatable bonds is 3. The maximum Gasteiger partial charge on any atom is 0.328 e. The van der Waals surface area contributed by atoms with Gasteiger partial charge in [-0.25, -0.2) is 9.18 Å². The minimum absolute atomic E-state index is 0.105. The first-order valence-corrected chi connectivity index (χ1v) is 6.38. The lowest BCUT2D eigenvalue weighted by Crippen LogP contribution is -2.23. The lowest BCUT2D eigenvalue weighted by molar-refractivity contribution is 0.620. The van der Waals surface area contributed by atoms with Gasteiger partial charge in [0, 0.05) is 24.5 Å². The largest absolute Gasteiger partial charge is 0.328 e. The molecule has 1 heterocycles. The third-order valence-electron chi connectivity index (χ3n) is 2.90. The summed E-state index contributed by atoms with van der Waals surface area (Å²) in [4.78, 5) is 11.9. The maximum absolute atomic E-state index is 13.5. The molecule has 0 spiro atoms. The van der Waals surface area contributed by atoms with Crippen LogP contribution in [-0.2, 0) is 13.1 Å². The van der Waals surface area contributed by atoms with Gasteiger partial charge in [0.2, 0.25) is 0 Å². The highest BCUT2D eigenvalue weighted by Crippen LogP contribution is 2.09. The molecule has 0 amide bonds. The Morgan fingerprint density at radius 1 is 1.25 bits per heavy atom. The Morgan fingerprint density at radius 2 is 2.00 bits per heavy atom. The minimum atomic E-state index is -0.369. The second-order valence-corrected chi connectivity index (χ2v) is 4.35. The molecule has 0 saturated heterocycles. The fraction of sp³-hybridized carbons (Fsp3) is 0.267. The quantitative estimate of drug-likeness (QED) is 0.853. The molecule has 5 heteroatoms. The first kappa shape index (κ1) is 14.1. The molecule has 0 bridgehead atoms. The van der Waals surface area contributed by atoms with Gasteiger partial charge in [0.15, 0.2) is 0 Å². The van der Waals surface area contributed by atoms with Crippen molar-refractivity contribution >= 4 is 0 Å². The summed E-state index contributed by atoms with van der Waals surface area (Å²) in [7, 11) is 0. The Bertz CT molecular complexity index is 719. The van der Waals surface area contributed by atoms with Crippen LogP contribution in [-0.4, -0.2) is 15.7 Å². The van der Waals surface area contributed by atoms with Crippen molar-refractivity contribution in [3.63, 3.8) is 0 Å². The van der Waals surface area contributed by atoms with E-state index in [4.69, 9.17) is 5.73 Å². The predicted molar refractivity (Wildman–Crippen MR) is 75.8 cm³/mol. The van der Waals surface area contributed by atoms with Crippen LogP contribution in [0.2, 0.25) is 0 Å². The number of nitrogens with two attached hydrogens (primary N) is 1. The zero-order valence-corrected chi connectivity index (χ0v) is 11.3. The van der Waals surface area contributed by atoms with Gasteiger partial charge >= 0.3 is 5.69 Å². The molecule has 0 radical (unpaired) electrons. The lowest BCUT2D eigenvalue weighted by Gasteiger charge is -2.04. The van der Waals surface area contributed by atoms with E-state index in [2.05, 4.69) is 11.8 Å². The number of benzene rings is 1. The Balaban J connectivity index is 2.31. The van der Waals surface area contributed by atoms with E-state index in [-0.39, 0.29) is 18.1 Å². The van der Waals surface area contributed by atoms with Gasteiger partial charge in [0.1, 0.15) is 5.82 Å². The molecular formula is C15H16FN3O. The van der Waals surface area contributed by atoms with Crippen LogP contribution in [0.25, 0.3) is 0 Å². The van der Waals surface area contributed by atoms with Gasteiger partial charge in [-0.15, -0.1) is 0 Å². The first-order valence-electron chi connectivity index (χ1n) is 6.38. The topological polar surface area (TPSA) is 52.9 Å². The van der Waals surface area contributed by atoms with Gasteiger partial charge in [0.25, 0.3) is 0 Å². The molecule has 0 aliphatic rings. The molecule has 1 aromatic carbocycles. The van der Waals surface area contributed by atoms with Crippen LogP contribution in [0.5, 0.6) is 0 Å². The van der Waals surface area contributed by atoms with Crippen LogP contribution < -0.4 is 11.4 Å². The number of hydrogen-bond donors (Lipinski definition) is 1. The van der Waals surface area contributed by atoms with E-state index in [9.17, 15) is 9.18 Å². The number of nitrogens with zero attached hydrogens (tertiary/aromatic N) is 2. The maximum atomic E-state index is 13.5. The van der Waals surface area contributed by atoms with Crippen molar-refractivity contribution in [2.45, 2.75) is 20.0 Å². The summed E-state index contributed by atoms with van der Waals surface area (Å²) in [6, 6.07) is 4.52. The van der Waals surface area contributed by atoms with Gasteiger partial charge in [-0.2, -0.15) is 0 Å². The van der Waals surface area contributed by atoms with Crippen molar-refractivity contribution in [3.05, 3.63) is 58.0 Å². The van der Waals surface area contributed by atoms with E-state index in [0.717, 1.165) is 0 Å². The van der Waals surface area contributed by atoms with E-state index in [0.29, 0.717) is 24.2 Å². The van der Waals surface area contributed by atoms with Crippen molar-refractivity contribution in [1.82, 2.24) is 9.13 Å². The molecule has 2 N–H and O–H groups in total. The summed E-state index contributed by atoms with van der Waals surface area (Å²) in [6.45, 7) is 3.06. The highest BCUT2D eigenvalue weighted by atomic mass is 19.1. The predicted octanol–water partition coefficient (Wildman–Crippen LogP) is 1.17. The Morgan fingerprint density at radius 3 is 2.65 bits per heavy atom. The molecule has 0 aliphatic carbocycles. The van der Waals surface area contributed by atoms with Crippen molar-refractivity contribution in [3.8, 4) is 11.8 Å². The third kappa shape index (κ3) is 3.16. The molecule has 20 heavy (non-hydrogen) atoms. The average molecular weight is 273 g/mol. The molecule has 0 atom stereocenters.